The number of likely N-dealkylation sites (N-methyl/N-ethyl adjacent to an activating group) is 1. The molecule has 1 aromatic rings. The average Bonchev–Trinajstić information content (AvgIpc) is 2.47. The number of carbonyl (C=O) groups is 2. The molecule has 1 heterocycles. The fourth-order valence-electron chi connectivity index (χ4n) is 1.42. The quantitative estimate of drug-likeness (QED) is 0.413. The van der Waals surface area contributed by atoms with Crippen molar-refractivity contribution in [3.63, 3.8) is 0 Å². The Bertz CT molecular complexity index is 531. The van der Waals surface area contributed by atoms with Crippen molar-refractivity contribution in [2.24, 2.45) is 0 Å². The van der Waals surface area contributed by atoms with Gasteiger partial charge in [-0.1, -0.05) is 6.08 Å². The van der Waals surface area contributed by atoms with Crippen LogP contribution in [0.3, 0.4) is 0 Å². The minimum atomic E-state index is -1.06. The highest BCUT2D eigenvalue weighted by molar-refractivity contribution is 14.1. The first-order valence-corrected chi connectivity index (χ1v) is 7.58. The van der Waals surface area contributed by atoms with E-state index in [1.54, 1.807) is 32.4 Å². The summed E-state index contributed by atoms with van der Waals surface area (Å²) in [5.41, 5.74) is 0. The normalized spacial score (nSPS) is 10.5. The number of carbonyl (C=O) groups excluding carboxylic acids is 1. The molecule has 22 heavy (non-hydrogen) atoms. The molecule has 2 amide bonds. The summed E-state index contributed by atoms with van der Waals surface area (Å²) in [6.45, 7) is 0.537. The zero-order valence-electron chi connectivity index (χ0n) is 12.4. The maximum atomic E-state index is 11.4. The summed E-state index contributed by atoms with van der Waals surface area (Å²) in [4.78, 5) is 29.1. The largest absolute Gasteiger partial charge is 0.490 e. The second kappa shape index (κ2) is 9.23. The molecule has 0 fully saturated rings. The van der Waals surface area contributed by atoms with Crippen molar-refractivity contribution in [2.45, 2.75) is 0 Å². The highest BCUT2D eigenvalue weighted by Gasteiger charge is 2.10. The Balaban J connectivity index is 2.42. The summed E-state index contributed by atoms with van der Waals surface area (Å²) in [5, 5.41) is 9.11. The van der Waals surface area contributed by atoms with Crippen LogP contribution in [0.5, 0.6) is 5.75 Å². The summed E-state index contributed by atoms with van der Waals surface area (Å²) in [6.07, 6.45) is 3.39. The molecule has 0 aliphatic carbocycles. The summed E-state index contributed by atoms with van der Waals surface area (Å²) in [6, 6.07) is 3.58. The molecule has 0 aromatic carbocycles. The Morgan fingerprint density at radius 2 is 2.14 bits per heavy atom. The van der Waals surface area contributed by atoms with Crippen molar-refractivity contribution in [3.8, 4) is 5.75 Å². The van der Waals surface area contributed by atoms with Gasteiger partial charge in [0.05, 0.1) is 12.7 Å². The van der Waals surface area contributed by atoms with Gasteiger partial charge in [0.15, 0.2) is 0 Å². The van der Waals surface area contributed by atoms with Crippen molar-refractivity contribution in [1.82, 2.24) is 14.8 Å². The predicted molar refractivity (Wildman–Crippen MR) is 89.9 cm³/mol. The second-order valence-corrected chi connectivity index (χ2v) is 5.63. The fourth-order valence-corrected chi connectivity index (χ4v) is 1.74. The standard InChI is InChI=1S/C14H18IN3O4/c1-17(2)13(19)4-3-7-18(14(20)21)8-9-22-11-5-6-12(15)16-10-11/h3-6,10H,7-9H2,1-2H3,(H,20,21)/b4-3+. The Labute approximate surface area is 142 Å². The van der Waals surface area contributed by atoms with Crippen LogP contribution in [-0.2, 0) is 4.79 Å². The van der Waals surface area contributed by atoms with Crippen LogP contribution in [-0.4, -0.2) is 65.7 Å². The molecule has 1 N–H and O–H groups in total. The lowest BCUT2D eigenvalue weighted by molar-refractivity contribution is -0.123. The Morgan fingerprint density at radius 3 is 2.68 bits per heavy atom. The number of nitrogens with zero attached hydrogens (tertiary/aromatic N) is 3. The van der Waals surface area contributed by atoms with Gasteiger partial charge in [-0.2, -0.15) is 0 Å². The molecule has 0 aliphatic rings. The number of aromatic nitrogens is 1. The van der Waals surface area contributed by atoms with E-state index in [4.69, 9.17) is 9.84 Å². The maximum Gasteiger partial charge on any atom is 0.407 e. The molecule has 1 rings (SSSR count). The van der Waals surface area contributed by atoms with Gasteiger partial charge in [-0.15, -0.1) is 0 Å². The summed E-state index contributed by atoms with van der Waals surface area (Å²) >= 11 is 2.09. The van der Waals surface area contributed by atoms with Crippen LogP contribution in [0, 0.1) is 3.70 Å². The first kappa shape index (κ1) is 18.2. The summed E-state index contributed by atoms with van der Waals surface area (Å²) in [5.74, 6) is 0.399. The summed E-state index contributed by atoms with van der Waals surface area (Å²) in [7, 11) is 3.26. The van der Waals surface area contributed by atoms with Gasteiger partial charge < -0.3 is 19.6 Å². The fraction of sp³-hybridized carbons (Fsp3) is 0.357. The van der Waals surface area contributed by atoms with Crippen molar-refractivity contribution >= 4 is 34.6 Å². The van der Waals surface area contributed by atoms with E-state index in [-0.39, 0.29) is 25.6 Å². The molecule has 0 saturated heterocycles. The Morgan fingerprint density at radius 1 is 1.41 bits per heavy atom. The number of hydrogen-bond donors (Lipinski definition) is 1. The number of amides is 2. The number of ether oxygens (including phenoxy) is 1. The van der Waals surface area contributed by atoms with Crippen molar-refractivity contribution < 1.29 is 19.4 Å². The molecule has 0 spiro atoms. The molecule has 8 heteroatoms. The summed E-state index contributed by atoms with van der Waals surface area (Å²) < 4.78 is 6.29. The molecule has 0 radical (unpaired) electrons. The molecule has 0 bridgehead atoms. The predicted octanol–water partition coefficient (Wildman–Crippen LogP) is 1.69. The molecule has 0 atom stereocenters. The number of pyridine rings is 1. The third kappa shape index (κ3) is 6.74. The van der Waals surface area contributed by atoms with E-state index in [0.717, 1.165) is 3.70 Å². The SMILES string of the molecule is CN(C)C(=O)/C=C/CN(CCOc1ccc(I)nc1)C(=O)O. The zero-order chi connectivity index (χ0) is 16.5. The minimum Gasteiger partial charge on any atom is -0.490 e. The molecule has 1 aromatic heterocycles. The van der Waals surface area contributed by atoms with E-state index in [2.05, 4.69) is 27.6 Å². The number of rotatable bonds is 7. The molecule has 0 aliphatic heterocycles. The molecule has 0 unspecified atom stereocenters. The van der Waals surface area contributed by atoms with Crippen LogP contribution in [0.2, 0.25) is 0 Å². The van der Waals surface area contributed by atoms with Gasteiger partial charge in [0.1, 0.15) is 16.1 Å². The third-order valence-corrected chi connectivity index (χ3v) is 3.27. The van der Waals surface area contributed by atoms with E-state index in [0.29, 0.717) is 5.75 Å². The van der Waals surface area contributed by atoms with Gasteiger partial charge in [-0.25, -0.2) is 9.78 Å². The first-order valence-electron chi connectivity index (χ1n) is 6.50. The average molecular weight is 419 g/mol. The van der Waals surface area contributed by atoms with Gasteiger partial charge >= 0.3 is 6.09 Å². The topological polar surface area (TPSA) is 83.0 Å². The Kier molecular flexibility index (Phi) is 7.64. The van der Waals surface area contributed by atoms with E-state index in [9.17, 15) is 9.59 Å². The second-order valence-electron chi connectivity index (χ2n) is 4.53. The lowest BCUT2D eigenvalue weighted by Gasteiger charge is -2.17. The van der Waals surface area contributed by atoms with E-state index in [1.807, 2.05) is 0 Å². The van der Waals surface area contributed by atoms with Gasteiger partial charge in [0.25, 0.3) is 0 Å². The van der Waals surface area contributed by atoms with Gasteiger partial charge in [0.2, 0.25) is 5.91 Å². The lowest BCUT2D eigenvalue weighted by Crippen LogP contribution is -2.33. The van der Waals surface area contributed by atoms with Crippen LogP contribution in [0.15, 0.2) is 30.5 Å². The van der Waals surface area contributed by atoms with Crippen LogP contribution in [0.25, 0.3) is 0 Å². The lowest BCUT2D eigenvalue weighted by atomic mass is 10.4. The highest BCUT2D eigenvalue weighted by atomic mass is 127. The third-order valence-electron chi connectivity index (χ3n) is 2.63. The highest BCUT2D eigenvalue weighted by Crippen LogP contribution is 2.10. The number of hydrogen-bond acceptors (Lipinski definition) is 4. The molecule has 7 nitrogen and oxygen atoms in total. The van der Waals surface area contributed by atoms with Crippen molar-refractivity contribution in [2.75, 3.05) is 33.8 Å². The van der Waals surface area contributed by atoms with Gasteiger partial charge in [-0.05, 0) is 34.7 Å². The molecule has 0 saturated carbocycles. The van der Waals surface area contributed by atoms with E-state index >= 15 is 0 Å². The number of halogens is 1. The van der Waals surface area contributed by atoms with Crippen LogP contribution in [0.1, 0.15) is 0 Å². The molecular formula is C14H18IN3O4. The van der Waals surface area contributed by atoms with E-state index < -0.39 is 6.09 Å². The van der Waals surface area contributed by atoms with Crippen LogP contribution >= 0.6 is 22.6 Å². The Hall–Kier alpha value is -1.84. The zero-order valence-corrected chi connectivity index (χ0v) is 14.6. The molecule has 120 valence electrons. The first-order chi connectivity index (χ1) is 10.4. The van der Waals surface area contributed by atoms with Crippen LogP contribution in [0.4, 0.5) is 4.79 Å². The maximum absolute atomic E-state index is 11.4. The van der Waals surface area contributed by atoms with Crippen LogP contribution < -0.4 is 4.74 Å². The monoisotopic (exact) mass is 419 g/mol. The number of carboxylic acid groups (broad SMARTS) is 1. The smallest absolute Gasteiger partial charge is 0.407 e. The van der Waals surface area contributed by atoms with E-state index in [1.165, 1.54) is 22.0 Å². The van der Waals surface area contributed by atoms with Gasteiger partial charge in [-0.3, -0.25) is 4.79 Å². The van der Waals surface area contributed by atoms with Crippen molar-refractivity contribution in [3.05, 3.63) is 34.2 Å². The van der Waals surface area contributed by atoms with Crippen molar-refractivity contribution in [1.29, 1.82) is 0 Å². The van der Waals surface area contributed by atoms with Gasteiger partial charge in [0, 0.05) is 26.7 Å². The molecular weight excluding hydrogens is 401 g/mol. The minimum absolute atomic E-state index is 0.128.